The molecule has 0 bridgehead atoms. The van der Waals surface area contributed by atoms with E-state index < -0.39 is 12.2 Å². The van der Waals surface area contributed by atoms with Crippen molar-refractivity contribution >= 4 is 17.5 Å². The molecule has 2 aliphatic heterocycles. The molecule has 0 saturated carbocycles. The number of hydrogen-bond acceptors (Lipinski definition) is 4. The van der Waals surface area contributed by atoms with Crippen molar-refractivity contribution in [2.45, 2.75) is 44.4 Å². The fraction of sp³-hybridized carbons (Fsp3) is 0.529. The Kier molecular flexibility index (Phi) is 4.52. The number of hydrogen-bond donors (Lipinski definition) is 0. The predicted molar refractivity (Wildman–Crippen MR) is 92.9 cm³/mol. The molecule has 2 aromatic heterocycles. The van der Waals surface area contributed by atoms with Crippen molar-refractivity contribution in [1.29, 1.82) is 0 Å². The van der Waals surface area contributed by atoms with Crippen LogP contribution in [0, 0.1) is 0 Å². The highest BCUT2D eigenvalue weighted by atomic mass is 35.5. The van der Waals surface area contributed by atoms with Crippen LogP contribution in [0.2, 0.25) is 5.15 Å². The number of aryl methyl sites for hydroxylation is 1. The van der Waals surface area contributed by atoms with Gasteiger partial charge in [-0.05, 0) is 30.9 Å². The smallest absolute Gasteiger partial charge is 0.338 e. The number of carbonyl (C=O) groups excluding carboxylic acids is 1. The van der Waals surface area contributed by atoms with Gasteiger partial charge in [-0.25, -0.2) is 18.9 Å². The molecule has 0 spiro atoms. The summed E-state index contributed by atoms with van der Waals surface area (Å²) in [7, 11) is 0. The molecule has 138 valence electrons. The molecule has 0 N–H and O–H groups in total. The normalized spacial score (nSPS) is 22.5. The maximum atomic E-state index is 13.5. The summed E-state index contributed by atoms with van der Waals surface area (Å²) in [5, 5.41) is 4.79. The summed E-state index contributed by atoms with van der Waals surface area (Å²) in [5.74, 6) is 0.429. The summed E-state index contributed by atoms with van der Waals surface area (Å²) in [6.07, 6.45) is 3.00. The van der Waals surface area contributed by atoms with Crippen LogP contribution in [0.3, 0.4) is 0 Å². The van der Waals surface area contributed by atoms with Crippen molar-refractivity contribution in [3.8, 4) is 0 Å². The topological polar surface area (TPSA) is 73.0 Å². The van der Waals surface area contributed by atoms with Crippen LogP contribution < -0.4 is 5.69 Å². The zero-order valence-corrected chi connectivity index (χ0v) is 14.9. The molecule has 7 nitrogen and oxygen atoms in total. The number of alkyl halides is 1. The van der Waals surface area contributed by atoms with E-state index in [9.17, 15) is 14.0 Å². The van der Waals surface area contributed by atoms with Gasteiger partial charge in [0.05, 0.1) is 13.1 Å². The zero-order chi connectivity index (χ0) is 18.3. The Morgan fingerprint density at radius 3 is 2.88 bits per heavy atom. The van der Waals surface area contributed by atoms with E-state index in [1.807, 2.05) is 0 Å². The van der Waals surface area contributed by atoms with E-state index in [-0.39, 0.29) is 24.7 Å². The summed E-state index contributed by atoms with van der Waals surface area (Å²) < 4.78 is 16.3. The number of fused-ring (bicyclic) bond motifs is 1. The van der Waals surface area contributed by atoms with Gasteiger partial charge in [0.15, 0.2) is 0 Å². The minimum Gasteiger partial charge on any atom is -0.338 e. The summed E-state index contributed by atoms with van der Waals surface area (Å²) in [5.41, 5.74) is 0.485. The number of halogens is 2. The van der Waals surface area contributed by atoms with Crippen LogP contribution in [0.1, 0.15) is 36.7 Å². The molecule has 2 aromatic rings. The monoisotopic (exact) mass is 379 g/mol. The number of likely N-dealkylation sites (tertiary alicyclic amines) is 1. The van der Waals surface area contributed by atoms with Crippen LogP contribution in [0.15, 0.2) is 23.1 Å². The molecule has 9 heteroatoms. The summed E-state index contributed by atoms with van der Waals surface area (Å²) >= 11 is 5.79. The van der Waals surface area contributed by atoms with E-state index in [2.05, 4.69) is 10.1 Å². The highest BCUT2D eigenvalue weighted by Crippen LogP contribution is 2.26. The second-order valence-corrected chi connectivity index (χ2v) is 7.18. The highest BCUT2D eigenvalue weighted by Gasteiger charge is 2.36. The standard InChI is InChI=1S/C17H19ClFN5O2/c18-14-5-4-11(8-20-14)9-23-17(26)24-13(2-1-3-15(24)21-23)16(25)22-7-6-12(19)10-22/h4-5,8,12-13H,1-3,6-7,9-10H2/t12-,13?/m0/s1. The van der Waals surface area contributed by atoms with Crippen molar-refractivity contribution < 1.29 is 9.18 Å². The second-order valence-electron chi connectivity index (χ2n) is 6.79. The molecule has 2 aliphatic rings. The lowest BCUT2D eigenvalue weighted by atomic mass is 10.0. The van der Waals surface area contributed by atoms with Gasteiger partial charge < -0.3 is 4.90 Å². The number of carbonyl (C=O) groups is 1. The number of pyridine rings is 1. The first-order valence-corrected chi connectivity index (χ1v) is 9.12. The number of rotatable bonds is 3. The fourth-order valence-electron chi connectivity index (χ4n) is 3.67. The van der Waals surface area contributed by atoms with Gasteiger partial charge in [-0.2, -0.15) is 5.10 Å². The average Bonchev–Trinajstić information content (AvgIpc) is 3.20. The summed E-state index contributed by atoms with van der Waals surface area (Å²) in [6.45, 7) is 0.787. The molecule has 4 rings (SSSR count). The van der Waals surface area contributed by atoms with E-state index >= 15 is 0 Å². The van der Waals surface area contributed by atoms with Gasteiger partial charge in [-0.15, -0.1) is 0 Å². The third-order valence-electron chi connectivity index (χ3n) is 4.98. The first-order valence-electron chi connectivity index (χ1n) is 8.74. The Morgan fingerprint density at radius 1 is 1.35 bits per heavy atom. The van der Waals surface area contributed by atoms with E-state index in [0.717, 1.165) is 12.0 Å². The summed E-state index contributed by atoms with van der Waals surface area (Å²) in [6, 6.07) is 2.85. The van der Waals surface area contributed by atoms with Crippen LogP contribution >= 0.6 is 11.6 Å². The third-order valence-corrected chi connectivity index (χ3v) is 5.20. The van der Waals surface area contributed by atoms with Gasteiger partial charge in [-0.3, -0.25) is 9.36 Å². The van der Waals surface area contributed by atoms with Crippen molar-refractivity contribution in [1.82, 2.24) is 24.2 Å². The van der Waals surface area contributed by atoms with Crippen molar-refractivity contribution in [2.75, 3.05) is 13.1 Å². The number of nitrogens with zero attached hydrogens (tertiary/aromatic N) is 5. The largest absolute Gasteiger partial charge is 0.346 e. The minimum absolute atomic E-state index is 0.115. The molecule has 4 heterocycles. The average molecular weight is 380 g/mol. The van der Waals surface area contributed by atoms with Crippen molar-refractivity contribution in [2.24, 2.45) is 0 Å². The number of aromatic nitrogens is 4. The molecule has 0 radical (unpaired) electrons. The van der Waals surface area contributed by atoms with Gasteiger partial charge in [0.2, 0.25) is 5.91 Å². The van der Waals surface area contributed by atoms with Gasteiger partial charge in [-0.1, -0.05) is 17.7 Å². The molecular weight excluding hydrogens is 361 g/mol. The highest BCUT2D eigenvalue weighted by molar-refractivity contribution is 6.29. The molecule has 1 amide bonds. The van der Waals surface area contributed by atoms with Crippen LogP contribution in [0.5, 0.6) is 0 Å². The lowest BCUT2D eigenvalue weighted by molar-refractivity contribution is -0.134. The first-order chi connectivity index (χ1) is 12.5. The number of amides is 1. The Hall–Kier alpha value is -2.22. The first kappa shape index (κ1) is 17.2. The third kappa shape index (κ3) is 3.13. The van der Waals surface area contributed by atoms with Crippen LogP contribution in [-0.4, -0.2) is 49.4 Å². The van der Waals surface area contributed by atoms with Crippen LogP contribution in [-0.2, 0) is 17.8 Å². The molecule has 1 saturated heterocycles. The molecular formula is C17H19ClFN5O2. The van der Waals surface area contributed by atoms with Crippen LogP contribution in [0.25, 0.3) is 0 Å². The molecule has 26 heavy (non-hydrogen) atoms. The second kappa shape index (κ2) is 6.83. The van der Waals surface area contributed by atoms with E-state index in [1.165, 1.54) is 14.1 Å². The zero-order valence-electron chi connectivity index (χ0n) is 14.1. The van der Waals surface area contributed by atoms with Crippen LogP contribution in [0.4, 0.5) is 4.39 Å². The lowest BCUT2D eigenvalue weighted by Crippen LogP contribution is -2.41. The van der Waals surface area contributed by atoms with E-state index in [0.29, 0.717) is 36.8 Å². The quantitative estimate of drug-likeness (QED) is 0.759. The summed E-state index contributed by atoms with van der Waals surface area (Å²) in [4.78, 5) is 31.2. The van der Waals surface area contributed by atoms with Gasteiger partial charge in [0.1, 0.15) is 23.2 Å². The maximum Gasteiger partial charge on any atom is 0.346 e. The predicted octanol–water partition coefficient (Wildman–Crippen LogP) is 1.59. The van der Waals surface area contributed by atoms with Crippen molar-refractivity contribution in [3.63, 3.8) is 0 Å². The van der Waals surface area contributed by atoms with E-state index in [1.54, 1.807) is 18.3 Å². The molecule has 1 fully saturated rings. The SMILES string of the molecule is O=C(C1CCCc2nn(Cc3ccc(Cl)nc3)c(=O)n21)N1CC[C@H](F)C1. The Labute approximate surface area is 154 Å². The fourth-order valence-corrected chi connectivity index (χ4v) is 3.78. The van der Waals surface area contributed by atoms with Gasteiger partial charge in [0.25, 0.3) is 0 Å². The maximum absolute atomic E-state index is 13.5. The minimum atomic E-state index is -0.973. The Balaban J connectivity index is 1.62. The molecule has 1 unspecified atom stereocenters. The van der Waals surface area contributed by atoms with Gasteiger partial charge >= 0.3 is 5.69 Å². The molecule has 0 aromatic carbocycles. The van der Waals surface area contributed by atoms with E-state index in [4.69, 9.17) is 11.6 Å². The van der Waals surface area contributed by atoms with Gasteiger partial charge in [0, 0.05) is 19.2 Å². The van der Waals surface area contributed by atoms with Crippen molar-refractivity contribution in [3.05, 3.63) is 45.4 Å². The Morgan fingerprint density at radius 2 is 2.19 bits per heavy atom. The Bertz CT molecular complexity index is 878. The molecule has 0 aliphatic carbocycles. The molecule has 2 atom stereocenters. The lowest BCUT2D eigenvalue weighted by Gasteiger charge is -2.26.